The van der Waals surface area contributed by atoms with Crippen LogP contribution in [0.5, 0.6) is 0 Å². The van der Waals surface area contributed by atoms with Crippen LogP contribution in [0.2, 0.25) is 0 Å². The van der Waals surface area contributed by atoms with Crippen molar-refractivity contribution in [2.24, 2.45) is 5.92 Å². The molecule has 4 nitrogen and oxygen atoms in total. The Labute approximate surface area is 121 Å². The fraction of sp³-hybridized carbons (Fsp3) is 0.562. The fourth-order valence-electron chi connectivity index (χ4n) is 2.63. The number of rotatable bonds is 4. The molecule has 1 fully saturated rings. The van der Waals surface area contributed by atoms with Gasteiger partial charge in [0.25, 0.3) is 0 Å². The zero-order valence-electron chi connectivity index (χ0n) is 12.7. The third-order valence-corrected chi connectivity index (χ3v) is 3.73. The molecule has 0 bridgehead atoms. The first-order valence-electron chi connectivity index (χ1n) is 7.38. The molecule has 0 spiro atoms. The highest BCUT2D eigenvalue weighted by Crippen LogP contribution is 2.22. The van der Waals surface area contributed by atoms with Gasteiger partial charge in [0.15, 0.2) is 0 Å². The summed E-state index contributed by atoms with van der Waals surface area (Å²) in [7, 11) is 1.89. The summed E-state index contributed by atoms with van der Waals surface area (Å²) in [5, 5.41) is 3.37. The maximum absolute atomic E-state index is 12.0. The molecule has 2 rings (SSSR count). The number of piperazine rings is 1. The van der Waals surface area contributed by atoms with Gasteiger partial charge in [-0.25, -0.2) is 0 Å². The number of benzene rings is 1. The van der Waals surface area contributed by atoms with Crippen LogP contribution in [0.3, 0.4) is 0 Å². The minimum Gasteiger partial charge on any atom is -0.369 e. The Morgan fingerprint density at radius 3 is 2.60 bits per heavy atom. The second-order valence-electron chi connectivity index (χ2n) is 5.71. The van der Waals surface area contributed by atoms with Gasteiger partial charge in [0.2, 0.25) is 5.91 Å². The number of carbonyl (C=O) groups is 1. The minimum absolute atomic E-state index is 0.0475. The molecule has 0 saturated carbocycles. The highest BCUT2D eigenvalue weighted by Gasteiger charge is 2.17. The van der Waals surface area contributed by atoms with E-state index in [0.717, 1.165) is 26.2 Å². The van der Waals surface area contributed by atoms with Gasteiger partial charge in [0.05, 0.1) is 0 Å². The Hall–Kier alpha value is -1.55. The number of anilines is 1. The number of carbonyl (C=O) groups excluding carboxylic acids is 1. The highest BCUT2D eigenvalue weighted by atomic mass is 16.2. The van der Waals surface area contributed by atoms with Crippen molar-refractivity contribution in [2.75, 3.05) is 38.1 Å². The molecule has 0 radical (unpaired) electrons. The molecular formula is C16H25N3O. The van der Waals surface area contributed by atoms with Crippen LogP contribution in [0.1, 0.15) is 19.4 Å². The van der Waals surface area contributed by atoms with Crippen molar-refractivity contribution in [1.29, 1.82) is 0 Å². The molecule has 110 valence electrons. The molecule has 1 aromatic carbocycles. The minimum atomic E-state index is 0.0475. The lowest BCUT2D eigenvalue weighted by Gasteiger charge is -2.32. The van der Waals surface area contributed by atoms with Crippen LogP contribution in [0.25, 0.3) is 0 Å². The van der Waals surface area contributed by atoms with Crippen LogP contribution in [0.15, 0.2) is 24.3 Å². The summed E-state index contributed by atoms with van der Waals surface area (Å²) in [5.74, 6) is 0.242. The second kappa shape index (κ2) is 6.75. The topological polar surface area (TPSA) is 35.6 Å². The first-order chi connectivity index (χ1) is 9.59. The van der Waals surface area contributed by atoms with E-state index in [1.54, 1.807) is 0 Å². The van der Waals surface area contributed by atoms with Crippen molar-refractivity contribution in [3.05, 3.63) is 29.8 Å². The van der Waals surface area contributed by atoms with Crippen molar-refractivity contribution < 1.29 is 4.79 Å². The fourth-order valence-corrected chi connectivity index (χ4v) is 2.63. The molecule has 1 heterocycles. The van der Waals surface area contributed by atoms with Crippen molar-refractivity contribution in [1.82, 2.24) is 10.2 Å². The Morgan fingerprint density at radius 1 is 1.30 bits per heavy atom. The van der Waals surface area contributed by atoms with Crippen LogP contribution < -0.4 is 10.2 Å². The number of nitrogens with zero attached hydrogens (tertiary/aromatic N) is 2. The van der Waals surface area contributed by atoms with Crippen LogP contribution in [0.4, 0.5) is 5.69 Å². The molecule has 0 atom stereocenters. The highest BCUT2D eigenvalue weighted by molar-refractivity contribution is 5.78. The second-order valence-corrected chi connectivity index (χ2v) is 5.71. The van der Waals surface area contributed by atoms with Crippen LogP contribution in [-0.4, -0.2) is 44.0 Å². The lowest BCUT2D eigenvalue weighted by molar-refractivity contribution is -0.133. The first-order valence-corrected chi connectivity index (χ1v) is 7.38. The van der Waals surface area contributed by atoms with Gasteiger partial charge in [-0.2, -0.15) is 0 Å². The lowest BCUT2D eigenvalue weighted by Crippen LogP contribution is -2.44. The monoisotopic (exact) mass is 275 g/mol. The van der Waals surface area contributed by atoms with Gasteiger partial charge in [-0.3, -0.25) is 4.79 Å². The molecule has 1 amide bonds. The van der Waals surface area contributed by atoms with Gasteiger partial charge < -0.3 is 15.1 Å². The average Bonchev–Trinajstić information content (AvgIpc) is 2.47. The SMILES string of the molecule is CC(C)C(=O)N(C)Cc1ccccc1N1CCNCC1. The van der Waals surface area contributed by atoms with Gasteiger partial charge in [0, 0.05) is 51.4 Å². The van der Waals surface area contributed by atoms with Gasteiger partial charge in [-0.1, -0.05) is 32.0 Å². The molecule has 20 heavy (non-hydrogen) atoms. The molecule has 1 aliphatic rings. The van der Waals surface area contributed by atoms with Crippen molar-refractivity contribution in [3.63, 3.8) is 0 Å². The van der Waals surface area contributed by atoms with Crippen molar-refractivity contribution in [3.8, 4) is 0 Å². The van der Waals surface area contributed by atoms with Crippen LogP contribution in [-0.2, 0) is 11.3 Å². The van der Waals surface area contributed by atoms with E-state index in [0.29, 0.717) is 6.54 Å². The molecule has 0 unspecified atom stereocenters. The maximum Gasteiger partial charge on any atom is 0.225 e. The van der Waals surface area contributed by atoms with E-state index < -0.39 is 0 Å². The quantitative estimate of drug-likeness (QED) is 0.908. The van der Waals surface area contributed by atoms with Crippen LogP contribution in [0, 0.1) is 5.92 Å². The number of nitrogens with one attached hydrogen (secondary N) is 1. The van der Waals surface area contributed by atoms with Gasteiger partial charge in [0.1, 0.15) is 0 Å². The average molecular weight is 275 g/mol. The first kappa shape index (κ1) is 14.9. The molecular weight excluding hydrogens is 250 g/mol. The maximum atomic E-state index is 12.0. The molecule has 0 aliphatic carbocycles. The third-order valence-electron chi connectivity index (χ3n) is 3.73. The standard InChI is InChI=1S/C16H25N3O/c1-13(2)16(20)18(3)12-14-6-4-5-7-15(14)19-10-8-17-9-11-19/h4-7,13,17H,8-12H2,1-3H3. The summed E-state index contributed by atoms with van der Waals surface area (Å²) in [6.07, 6.45) is 0. The molecule has 1 aliphatic heterocycles. The lowest BCUT2D eigenvalue weighted by atomic mass is 10.1. The normalized spacial score (nSPS) is 15.5. The van der Waals surface area contributed by atoms with Gasteiger partial charge >= 0.3 is 0 Å². The molecule has 1 N–H and O–H groups in total. The van der Waals surface area contributed by atoms with E-state index in [1.807, 2.05) is 25.8 Å². The number of amides is 1. The summed E-state index contributed by atoms with van der Waals surface area (Å²) in [6, 6.07) is 8.41. The Balaban J connectivity index is 2.13. The predicted octanol–water partition coefficient (Wildman–Crippen LogP) is 1.71. The molecule has 0 aromatic heterocycles. The Kier molecular flexibility index (Phi) is 5.01. The van der Waals surface area contributed by atoms with E-state index in [9.17, 15) is 4.79 Å². The zero-order valence-corrected chi connectivity index (χ0v) is 12.7. The van der Waals surface area contributed by atoms with E-state index in [4.69, 9.17) is 0 Å². The van der Waals surface area contributed by atoms with E-state index >= 15 is 0 Å². The molecule has 4 heteroatoms. The number of hydrogen-bond acceptors (Lipinski definition) is 3. The number of para-hydroxylation sites is 1. The van der Waals surface area contributed by atoms with Crippen molar-refractivity contribution >= 4 is 11.6 Å². The largest absolute Gasteiger partial charge is 0.369 e. The zero-order chi connectivity index (χ0) is 14.5. The van der Waals surface area contributed by atoms with E-state index in [1.165, 1.54) is 11.3 Å². The molecule has 1 aromatic rings. The van der Waals surface area contributed by atoms with E-state index in [2.05, 4.69) is 34.5 Å². The summed E-state index contributed by atoms with van der Waals surface area (Å²) in [6.45, 7) is 8.67. The summed E-state index contributed by atoms with van der Waals surface area (Å²) in [4.78, 5) is 16.3. The Morgan fingerprint density at radius 2 is 1.95 bits per heavy atom. The van der Waals surface area contributed by atoms with Crippen molar-refractivity contribution in [2.45, 2.75) is 20.4 Å². The molecule has 1 saturated heterocycles. The third kappa shape index (κ3) is 3.51. The summed E-state index contributed by atoms with van der Waals surface area (Å²) >= 11 is 0. The summed E-state index contributed by atoms with van der Waals surface area (Å²) in [5.41, 5.74) is 2.49. The van der Waals surface area contributed by atoms with Gasteiger partial charge in [-0.05, 0) is 11.6 Å². The van der Waals surface area contributed by atoms with Crippen LogP contribution >= 0.6 is 0 Å². The van der Waals surface area contributed by atoms with Gasteiger partial charge in [-0.15, -0.1) is 0 Å². The number of hydrogen-bond donors (Lipinski definition) is 1. The summed E-state index contributed by atoms with van der Waals surface area (Å²) < 4.78 is 0. The predicted molar refractivity (Wildman–Crippen MR) is 82.8 cm³/mol. The smallest absolute Gasteiger partial charge is 0.225 e. The van der Waals surface area contributed by atoms with E-state index in [-0.39, 0.29) is 11.8 Å². The Bertz CT molecular complexity index is 453.